The number of benzene rings is 1. The molecule has 0 bridgehead atoms. The Kier molecular flexibility index (Phi) is 6.69. The van der Waals surface area contributed by atoms with Gasteiger partial charge in [-0.3, -0.25) is 4.79 Å². The van der Waals surface area contributed by atoms with Crippen molar-refractivity contribution in [1.29, 1.82) is 0 Å². The van der Waals surface area contributed by atoms with E-state index in [9.17, 15) is 9.59 Å². The molecule has 2 aromatic heterocycles. The van der Waals surface area contributed by atoms with Crippen molar-refractivity contribution in [2.24, 2.45) is 0 Å². The molecule has 1 aromatic carbocycles. The molecule has 1 saturated heterocycles. The Morgan fingerprint density at radius 3 is 2.31 bits per heavy atom. The predicted octanol–water partition coefficient (Wildman–Crippen LogP) is 3.07. The summed E-state index contributed by atoms with van der Waals surface area (Å²) >= 11 is 0. The van der Waals surface area contributed by atoms with Crippen LogP contribution in [0.1, 0.15) is 34.1 Å². The van der Waals surface area contributed by atoms with E-state index in [0.29, 0.717) is 43.2 Å². The summed E-state index contributed by atoms with van der Waals surface area (Å²) in [5, 5.41) is 0. The zero-order valence-electron chi connectivity index (χ0n) is 18.0. The minimum Gasteiger partial charge on any atom is -0.462 e. The third-order valence-electron chi connectivity index (χ3n) is 5.30. The highest BCUT2D eigenvalue weighted by Crippen LogP contribution is 2.17. The molecular weight excluding hydrogens is 406 g/mol. The van der Waals surface area contributed by atoms with Crippen LogP contribution in [-0.2, 0) is 4.74 Å². The Morgan fingerprint density at radius 1 is 0.875 bits per heavy atom. The number of aromatic nitrogens is 3. The third-order valence-corrected chi connectivity index (χ3v) is 5.30. The Balaban J connectivity index is 1.38. The molecule has 4 rings (SSSR count). The standard InChI is InChI=1S/C24H25N5O3/c1-2-32-24(31)19-9-10-21(25-15-19)28-11-6-12-29(14-13-28)23(30)20-16-26-22(27-17-20)18-7-4-3-5-8-18/h3-5,7-10,15-17H,2,6,11-14H2,1H3. The van der Waals surface area contributed by atoms with Crippen molar-refractivity contribution in [3.05, 3.63) is 72.2 Å². The average Bonchev–Trinajstić information content (AvgIpc) is 3.11. The summed E-state index contributed by atoms with van der Waals surface area (Å²) < 4.78 is 5.00. The fourth-order valence-electron chi connectivity index (χ4n) is 3.62. The van der Waals surface area contributed by atoms with E-state index >= 15 is 0 Å². The van der Waals surface area contributed by atoms with Crippen LogP contribution in [0.15, 0.2) is 61.1 Å². The number of carbonyl (C=O) groups is 2. The van der Waals surface area contributed by atoms with E-state index < -0.39 is 0 Å². The molecule has 1 aliphatic rings. The number of pyridine rings is 1. The molecule has 8 nitrogen and oxygen atoms in total. The van der Waals surface area contributed by atoms with Gasteiger partial charge >= 0.3 is 5.97 Å². The van der Waals surface area contributed by atoms with Crippen LogP contribution in [0.2, 0.25) is 0 Å². The molecule has 164 valence electrons. The van der Waals surface area contributed by atoms with Gasteiger partial charge in [0.2, 0.25) is 0 Å². The Bertz CT molecular complexity index is 1060. The van der Waals surface area contributed by atoms with Crippen LogP contribution >= 0.6 is 0 Å². The monoisotopic (exact) mass is 431 g/mol. The van der Waals surface area contributed by atoms with Gasteiger partial charge in [-0.05, 0) is 25.5 Å². The summed E-state index contributed by atoms with van der Waals surface area (Å²) in [4.78, 5) is 41.9. The first-order valence-corrected chi connectivity index (χ1v) is 10.7. The van der Waals surface area contributed by atoms with Gasteiger partial charge in [0.25, 0.3) is 5.91 Å². The zero-order valence-corrected chi connectivity index (χ0v) is 18.0. The van der Waals surface area contributed by atoms with Crippen LogP contribution < -0.4 is 4.90 Å². The minimum atomic E-state index is -0.375. The van der Waals surface area contributed by atoms with Gasteiger partial charge in [0.05, 0.1) is 17.7 Å². The summed E-state index contributed by atoms with van der Waals surface area (Å²) in [6.45, 7) is 4.75. The van der Waals surface area contributed by atoms with Crippen molar-refractivity contribution in [2.45, 2.75) is 13.3 Å². The summed E-state index contributed by atoms with van der Waals surface area (Å²) in [7, 11) is 0. The van der Waals surface area contributed by atoms with Gasteiger partial charge < -0.3 is 14.5 Å². The predicted molar refractivity (Wildman–Crippen MR) is 120 cm³/mol. The summed E-state index contributed by atoms with van der Waals surface area (Å²) in [6, 6.07) is 13.2. The fourth-order valence-corrected chi connectivity index (χ4v) is 3.62. The number of ether oxygens (including phenoxy) is 1. The van der Waals surface area contributed by atoms with Gasteiger partial charge in [0, 0.05) is 50.3 Å². The molecule has 8 heteroatoms. The maximum atomic E-state index is 13.0. The quantitative estimate of drug-likeness (QED) is 0.574. The van der Waals surface area contributed by atoms with Gasteiger partial charge in [-0.25, -0.2) is 19.7 Å². The number of nitrogens with zero attached hydrogens (tertiary/aromatic N) is 5. The molecule has 1 aliphatic heterocycles. The Hall–Kier alpha value is -3.81. The number of carbonyl (C=O) groups excluding carboxylic acids is 2. The lowest BCUT2D eigenvalue weighted by atomic mass is 10.2. The normalized spacial score (nSPS) is 14.0. The molecule has 0 saturated carbocycles. The second-order valence-corrected chi connectivity index (χ2v) is 7.42. The highest BCUT2D eigenvalue weighted by Gasteiger charge is 2.22. The lowest BCUT2D eigenvalue weighted by molar-refractivity contribution is 0.0525. The van der Waals surface area contributed by atoms with Gasteiger partial charge in [0.15, 0.2) is 5.82 Å². The first kappa shape index (κ1) is 21.4. The van der Waals surface area contributed by atoms with E-state index in [1.165, 1.54) is 6.20 Å². The smallest absolute Gasteiger partial charge is 0.339 e. The highest BCUT2D eigenvalue weighted by molar-refractivity contribution is 5.94. The van der Waals surface area contributed by atoms with Crippen LogP contribution in [-0.4, -0.2) is 64.5 Å². The highest BCUT2D eigenvalue weighted by atomic mass is 16.5. The number of esters is 1. The van der Waals surface area contributed by atoms with Crippen LogP contribution in [0.3, 0.4) is 0 Å². The molecule has 0 N–H and O–H groups in total. The maximum Gasteiger partial charge on any atom is 0.339 e. The third kappa shape index (κ3) is 4.91. The van der Waals surface area contributed by atoms with Crippen molar-refractivity contribution >= 4 is 17.7 Å². The number of rotatable bonds is 5. The van der Waals surface area contributed by atoms with Crippen molar-refractivity contribution in [3.8, 4) is 11.4 Å². The SMILES string of the molecule is CCOC(=O)c1ccc(N2CCCN(C(=O)c3cnc(-c4ccccc4)nc3)CC2)nc1. The van der Waals surface area contributed by atoms with Crippen LogP contribution in [0.5, 0.6) is 0 Å². The van der Waals surface area contributed by atoms with Crippen molar-refractivity contribution in [1.82, 2.24) is 19.9 Å². The lowest BCUT2D eigenvalue weighted by Crippen LogP contribution is -2.35. The Morgan fingerprint density at radius 2 is 1.62 bits per heavy atom. The minimum absolute atomic E-state index is 0.0721. The molecule has 1 amide bonds. The lowest BCUT2D eigenvalue weighted by Gasteiger charge is -2.23. The topological polar surface area (TPSA) is 88.5 Å². The van der Waals surface area contributed by atoms with Crippen LogP contribution in [0.25, 0.3) is 11.4 Å². The van der Waals surface area contributed by atoms with E-state index in [4.69, 9.17) is 4.74 Å². The molecule has 3 aromatic rings. The molecular formula is C24H25N5O3. The number of hydrogen-bond donors (Lipinski definition) is 0. The van der Waals surface area contributed by atoms with E-state index in [1.54, 1.807) is 25.4 Å². The van der Waals surface area contributed by atoms with Gasteiger partial charge in [-0.1, -0.05) is 30.3 Å². The summed E-state index contributed by atoms with van der Waals surface area (Å²) in [6.07, 6.45) is 5.54. The van der Waals surface area contributed by atoms with E-state index in [0.717, 1.165) is 24.3 Å². The van der Waals surface area contributed by atoms with Crippen molar-refractivity contribution < 1.29 is 14.3 Å². The average molecular weight is 431 g/mol. The van der Waals surface area contributed by atoms with Crippen LogP contribution in [0, 0.1) is 0 Å². The number of hydrogen-bond acceptors (Lipinski definition) is 7. The molecule has 0 radical (unpaired) electrons. The number of amides is 1. The second-order valence-electron chi connectivity index (χ2n) is 7.42. The molecule has 1 fully saturated rings. The number of anilines is 1. The fraction of sp³-hybridized carbons (Fsp3) is 0.292. The zero-order chi connectivity index (χ0) is 22.3. The molecule has 32 heavy (non-hydrogen) atoms. The largest absolute Gasteiger partial charge is 0.462 e. The molecule has 0 spiro atoms. The van der Waals surface area contributed by atoms with Crippen molar-refractivity contribution in [3.63, 3.8) is 0 Å². The van der Waals surface area contributed by atoms with Gasteiger partial charge in [-0.2, -0.15) is 0 Å². The van der Waals surface area contributed by atoms with E-state index in [2.05, 4.69) is 19.9 Å². The molecule has 3 heterocycles. The van der Waals surface area contributed by atoms with Gasteiger partial charge in [-0.15, -0.1) is 0 Å². The van der Waals surface area contributed by atoms with Gasteiger partial charge in [0.1, 0.15) is 5.82 Å². The molecule has 0 atom stereocenters. The summed E-state index contributed by atoms with van der Waals surface area (Å²) in [5.41, 5.74) is 1.83. The van der Waals surface area contributed by atoms with Crippen LogP contribution in [0.4, 0.5) is 5.82 Å². The second kappa shape index (κ2) is 10.00. The summed E-state index contributed by atoms with van der Waals surface area (Å²) in [5.74, 6) is 0.932. The molecule has 0 unspecified atom stereocenters. The first-order chi connectivity index (χ1) is 15.7. The van der Waals surface area contributed by atoms with Crippen molar-refractivity contribution in [2.75, 3.05) is 37.7 Å². The maximum absolute atomic E-state index is 13.0. The Labute approximate surface area is 186 Å². The van der Waals surface area contributed by atoms with E-state index in [-0.39, 0.29) is 11.9 Å². The molecule has 0 aliphatic carbocycles. The van der Waals surface area contributed by atoms with E-state index in [1.807, 2.05) is 41.3 Å². The first-order valence-electron chi connectivity index (χ1n) is 10.7.